The smallest absolute Gasteiger partial charge is 0.234 e. The molecule has 1 saturated heterocycles. The van der Waals surface area contributed by atoms with Gasteiger partial charge in [0.1, 0.15) is 6.10 Å². The van der Waals surface area contributed by atoms with Crippen LogP contribution < -0.4 is 9.64 Å². The van der Waals surface area contributed by atoms with Gasteiger partial charge in [0.05, 0.1) is 25.2 Å². The monoisotopic (exact) mass is 286 g/mol. The van der Waals surface area contributed by atoms with Crippen molar-refractivity contribution >= 4 is 15.8 Å². The molecule has 1 aromatic heterocycles. The lowest BCUT2D eigenvalue weighted by Gasteiger charge is -2.16. The Labute approximate surface area is 113 Å². The molecule has 0 amide bonds. The molecule has 0 spiro atoms. The second kappa shape index (κ2) is 5.30. The van der Waals surface area contributed by atoms with E-state index in [1.165, 1.54) is 16.8 Å². The Hall–Kier alpha value is -1.41. The fourth-order valence-corrected chi connectivity index (χ4v) is 2.75. The first-order chi connectivity index (χ1) is 8.86. The number of nitrogens with zero attached hydrogens (tertiary/aromatic N) is 4. The molecule has 1 atom stereocenters. The molecule has 0 N–H and O–H groups in total. The van der Waals surface area contributed by atoms with Crippen LogP contribution in [-0.4, -0.2) is 62.2 Å². The van der Waals surface area contributed by atoms with Gasteiger partial charge in [-0.15, -0.1) is 0 Å². The van der Waals surface area contributed by atoms with Crippen molar-refractivity contribution in [3.8, 4) is 5.88 Å². The molecule has 2 heterocycles. The van der Waals surface area contributed by atoms with Crippen LogP contribution >= 0.6 is 0 Å². The van der Waals surface area contributed by atoms with E-state index in [1.807, 2.05) is 19.0 Å². The molecule has 0 aliphatic carbocycles. The van der Waals surface area contributed by atoms with Crippen molar-refractivity contribution in [2.75, 3.05) is 38.3 Å². The lowest BCUT2D eigenvalue weighted by atomic mass is 10.3. The molecule has 1 fully saturated rings. The standard InChI is InChI=1S/C11H18N4O3S/c1-14(2)10-6-12-7-11(13-10)18-9-4-5-15(8-9)19(3,16)17/h6-7,9H,4-5,8H2,1-3H3. The van der Waals surface area contributed by atoms with Crippen molar-refractivity contribution in [1.82, 2.24) is 14.3 Å². The van der Waals surface area contributed by atoms with Gasteiger partial charge in [-0.1, -0.05) is 0 Å². The molecule has 0 bridgehead atoms. The number of rotatable bonds is 4. The van der Waals surface area contributed by atoms with Crippen LogP contribution in [0.15, 0.2) is 12.4 Å². The topological polar surface area (TPSA) is 75.6 Å². The van der Waals surface area contributed by atoms with E-state index in [0.717, 1.165) is 0 Å². The first-order valence-corrected chi connectivity index (χ1v) is 7.82. The summed E-state index contributed by atoms with van der Waals surface area (Å²) in [5.74, 6) is 1.13. The Balaban J connectivity index is 2.01. The van der Waals surface area contributed by atoms with Crippen molar-refractivity contribution in [1.29, 1.82) is 0 Å². The van der Waals surface area contributed by atoms with Crippen molar-refractivity contribution in [3.05, 3.63) is 12.4 Å². The Morgan fingerprint density at radius 2 is 2.16 bits per heavy atom. The molecule has 106 valence electrons. The zero-order chi connectivity index (χ0) is 14.0. The van der Waals surface area contributed by atoms with Gasteiger partial charge in [0.15, 0.2) is 5.82 Å². The van der Waals surface area contributed by atoms with Gasteiger partial charge in [0, 0.05) is 20.6 Å². The predicted octanol–water partition coefficient (Wildman–Crippen LogP) is -0.0447. The molecule has 2 rings (SSSR count). The average molecular weight is 286 g/mol. The Kier molecular flexibility index (Phi) is 3.91. The Bertz CT molecular complexity index is 547. The lowest BCUT2D eigenvalue weighted by molar-refractivity contribution is 0.206. The molecule has 8 heteroatoms. The summed E-state index contributed by atoms with van der Waals surface area (Å²) in [5.41, 5.74) is 0. The fraction of sp³-hybridized carbons (Fsp3) is 0.636. The Morgan fingerprint density at radius 3 is 2.74 bits per heavy atom. The van der Waals surface area contributed by atoms with Crippen molar-refractivity contribution in [2.24, 2.45) is 0 Å². The highest BCUT2D eigenvalue weighted by Gasteiger charge is 2.30. The van der Waals surface area contributed by atoms with Gasteiger partial charge in [0.2, 0.25) is 15.9 Å². The molecule has 7 nitrogen and oxygen atoms in total. The van der Waals surface area contributed by atoms with Crippen LogP contribution in [0.2, 0.25) is 0 Å². The first kappa shape index (κ1) is 14.0. The molecule has 0 saturated carbocycles. The molecule has 1 aliphatic rings. The second-order valence-electron chi connectivity index (χ2n) is 4.76. The molecule has 0 aromatic carbocycles. The normalized spacial score (nSPS) is 20.5. The molecule has 1 aliphatic heterocycles. The maximum Gasteiger partial charge on any atom is 0.234 e. The third-order valence-corrected chi connectivity index (χ3v) is 4.19. The van der Waals surface area contributed by atoms with E-state index in [4.69, 9.17) is 4.74 Å². The Morgan fingerprint density at radius 1 is 1.42 bits per heavy atom. The quantitative estimate of drug-likeness (QED) is 0.773. The van der Waals surface area contributed by atoms with Gasteiger partial charge in [-0.05, 0) is 6.42 Å². The summed E-state index contributed by atoms with van der Waals surface area (Å²) >= 11 is 0. The molecular formula is C11H18N4O3S. The highest BCUT2D eigenvalue weighted by atomic mass is 32.2. The van der Waals surface area contributed by atoms with Crippen molar-refractivity contribution in [2.45, 2.75) is 12.5 Å². The van der Waals surface area contributed by atoms with Gasteiger partial charge in [-0.2, -0.15) is 9.29 Å². The summed E-state index contributed by atoms with van der Waals surface area (Å²) in [4.78, 5) is 10.2. The average Bonchev–Trinajstić information content (AvgIpc) is 2.77. The van der Waals surface area contributed by atoms with Gasteiger partial charge in [-0.3, -0.25) is 4.98 Å². The van der Waals surface area contributed by atoms with E-state index in [0.29, 0.717) is 31.2 Å². The lowest BCUT2D eigenvalue weighted by Crippen LogP contribution is -2.30. The third-order valence-electron chi connectivity index (χ3n) is 2.92. The van der Waals surface area contributed by atoms with E-state index < -0.39 is 10.0 Å². The van der Waals surface area contributed by atoms with Crippen LogP contribution in [-0.2, 0) is 10.0 Å². The number of hydrogen-bond donors (Lipinski definition) is 0. The minimum absolute atomic E-state index is 0.165. The summed E-state index contributed by atoms with van der Waals surface area (Å²) in [7, 11) is 0.599. The molecule has 1 aromatic rings. The minimum atomic E-state index is -3.14. The molecule has 1 unspecified atom stereocenters. The maximum absolute atomic E-state index is 11.4. The number of ether oxygens (including phenoxy) is 1. The number of hydrogen-bond acceptors (Lipinski definition) is 6. The SMILES string of the molecule is CN(C)c1cncc(OC2CCN(S(C)(=O)=O)C2)n1. The van der Waals surface area contributed by atoms with Crippen molar-refractivity contribution in [3.63, 3.8) is 0 Å². The third kappa shape index (κ3) is 3.54. The zero-order valence-electron chi connectivity index (χ0n) is 11.3. The highest BCUT2D eigenvalue weighted by molar-refractivity contribution is 7.88. The van der Waals surface area contributed by atoms with Crippen LogP contribution in [0.25, 0.3) is 0 Å². The van der Waals surface area contributed by atoms with E-state index in [9.17, 15) is 8.42 Å². The van der Waals surface area contributed by atoms with Crippen LogP contribution in [0, 0.1) is 0 Å². The highest BCUT2D eigenvalue weighted by Crippen LogP contribution is 2.19. The largest absolute Gasteiger partial charge is 0.472 e. The number of anilines is 1. The zero-order valence-corrected chi connectivity index (χ0v) is 12.1. The van der Waals surface area contributed by atoms with E-state index >= 15 is 0 Å². The minimum Gasteiger partial charge on any atom is -0.472 e. The van der Waals surface area contributed by atoms with Crippen molar-refractivity contribution < 1.29 is 13.2 Å². The summed E-state index contributed by atoms with van der Waals surface area (Å²) in [6.45, 7) is 0.858. The molecule has 0 radical (unpaired) electrons. The second-order valence-corrected chi connectivity index (χ2v) is 6.74. The van der Waals surface area contributed by atoms with E-state index in [1.54, 1.807) is 6.20 Å². The van der Waals surface area contributed by atoms with Crippen LogP contribution in [0.4, 0.5) is 5.82 Å². The van der Waals surface area contributed by atoms with Crippen LogP contribution in [0.5, 0.6) is 5.88 Å². The summed E-state index contributed by atoms with van der Waals surface area (Å²) in [6, 6.07) is 0. The maximum atomic E-state index is 11.4. The summed E-state index contributed by atoms with van der Waals surface area (Å²) < 4.78 is 29.9. The predicted molar refractivity (Wildman–Crippen MR) is 71.8 cm³/mol. The fourth-order valence-electron chi connectivity index (χ4n) is 1.88. The summed E-state index contributed by atoms with van der Waals surface area (Å²) in [6.07, 6.45) is 4.89. The number of sulfonamides is 1. The molecule has 19 heavy (non-hydrogen) atoms. The van der Waals surface area contributed by atoms with Gasteiger partial charge >= 0.3 is 0 Å². The van der Waals surface area contributed by atoms with Gasteiger partial charge in [0.25, 0.3) is 0 Å². The van der Waals surface area contributed by atoms with Gasteiger partial charge in [-0.25, -0.2) is 8.42 Å². The van der Waals surface area contributed by atoms with Crippen LogP contribution in [0.1, 0.15) is 6.42 Å². The van der Waals surface area contributed by atoms with E-state index in [-0.39, 0.29) is 6.10 Å². The number of aromatic nitrogens is 2. The van der Waals surface area contributed by atoms with Gasteiger partial charge < -0.3 is 9.64 Å². The molecular weight excluding hydrogens is 268 g/mol. The van der Waals surface area contributed by atoms with Crippen LogP contribution in [0.3, 0.4) is 0 Å². The first-order valence-electron chi connectivity index (χ1n) is 5.97. The summed E-state index contributed by atoms with van der Waals surface area (Å²) in [5, 5.41) is 0. The van der Waals surface area contributed by atoms with E-state index in [2.05, 4.69) is 9.97 Å².